The molecule has 3 nitrogen and oxygen atoms in total. The van der Waals surface area contributed by atoms with Crippen molar-refractivity contribution >= 4 is 11.8 Å². The number of ether oxygens (including phenoxy) is 1. The molecule has 1 atom stereocenters. The maximum absolute atomic E-state index is 5.61. The summed E-state index contributed by atoms with van der Waals surface area (Å²) in [5.74, 6) is 1.02. The normalized spacial score (nSPS) is 19.8. The number of nitrogens with two attached hydrogens (primary N) is 1. The SMILES string of the molecule is Cc1cc(CCN)cnc1SCC1CCCO1. The standard InChI is InChI=1S/C13H20N2OS/c1-10-7-11(4-5-14)8-15-13(10)17-9-12-3-2-6-16-12/h7-8,12H,2-6,9,14H2,1H3. The highest BCUT2D eigenvalue weighted by Crippen LogP contribution is 2.25. The Hall–Kier alpha value is -0.580. The van der Waals surface area contributed by atoms with Crippen molar-refractivity contribution in [1.82, 2.24) is 4.98 Å². The second-order valence-electron chi connectivity index (χ2n) is 4.45. The van der Waals surface area contributed by atoms with Crippen molar-refractivity contribution < 1.29 is 4.74 Å². The molecule has 4 heteroatoms. The number of hydrogen-bond acceptors (Lipinski definition) is 4. The molecule has 0 aliphatic carbocycles. The van der Waals surface area contributed by atoms with E-state index in [9.17, 15) is 0 Å². The van der Waals surface area contributed by atoms with E-state index in [2.05, 4.69) is 18.0 Å². The summed E-state index contributed by atoms with van der Waals surface area (Å²) in [4.78, 5) is 4.51. The van der Waals surface area contributed by atoms with Gasteiger partial charge in [-0.3, -0.25) is 0 Å². The largest absolute Gasteiger partial charge is 0.377 e. The predicted molar refractivity (Wildman–Crippen MR) is 71.4 cm³/mol. The summed E-state index contributed by atoms with van der Waals surface area (Å²) >= 11 is 1.80. The van der Waals surface area contributed by atoms with Gasteiger partial charge in [-0.1, -0.05) is 6.07 Å². The van der Waals surface area contributed by atoms with Gasteiger partial charge in [0.1, 0.15) is 0 Å². The third-order valence-electron chi connectivity index (χ3n) is 2.95. The summed E-state index contributed by atoms with van der Waals surface area (Å²) < 4.78 is 5.61. The highest BCUT2D eigenvalue weighted by Gasteiger charge is 2.16. The highest BCUT2D eigenvalue weighted by atomic mass is 32.2. The number of pyridine rings is 1. The Morgan fingerprint density at radius 1 is 1.59 bits per heavy atom. The summed E-state index contributed by atoms with van der Waals surface area (Å²) in [5.41, 5.74) is 8.02. The van der Waals surface area contributed by atoms with Crippen LogP contribution in [0.25, 0.3) is 0 Å². The lowest BCUT2D eigenvalue weighted by Gasteiger charge is -2.10. The zero-order valence-corrected chi connectivity index (χ0v) is 11.1. The van der Waals surface area contributed by atoms with Crippen LogP contribution in [0.4, 0.5) is 0 Å². The van der Waals surface area contributed by atoms with E-state index in [1.165, 1.54) is 24.0 Å². The lowest BCUT2D eigenvalue weighted by molar-refractivity contribution is 0.129. The van der Waals surface area contributed by atoms with Crippen molar-refractivity contribution in [2.75, 3.05) is 18.9 Å². The molecule has 1 aromatic heterocycles. The summed E-state index contributed by atoms with van der Waals surface area (Å²) in [6, 6.07) is 2.19. The minimum Gasteiger partial charge on any atom is -0.377 e. The number of aromatic nitrogens is 1. The van der Waals surface area contributed by atoms with Gasteiger partial charge >= 0.3 is 0 Å². The van der Waals surface area contributed by atoms with Gasteiger partial charge in [-0.2, -0.15) is 0 Å². The van der Waals surface area contributed by atoms with Crippen molar-refractivity contribution in [1.29, 1.82) is 0 Å². The van der Waals surface area contributed by atoms with Gasteiger partial charge in [-0.05, 0) is 43.9 Å². The van der Waals surface area contributed by atoms with Crippen molar-refractivity contribution in [3.8, 4) is 0 Å². The molecule has 1 aromatic rings. The minimum atomic E-state index is 0.421. The quantitative estimate of drug-likeness (QED) is 0.816. The van der Waals surface area contributed by atoms with E-state index < -0.39 is 0 Å². The van der Waals surface area contributed by atoms with E-state index >= 15 is 0 Å². The zero-order chi connectivity index (χ0) is 12.1. The maximum atomic E-state index is 5.61. The molecule has 0 saturated carbocycles. The highest BCUT2D eigenvalue weighted by molar-refractivity contribution is 7.99. The minimum absolute atomic E-state index is 0.421. The van der Waals surface area contributed by atoms with Gasteiger partial charge in [0.15, 0.2) is 0 Å². The fourth-order valence-corrected chi connectivity index (χ4v) is 3.04. The summed E-state index contributed by atoms with van der Waals surface area (Å²) in [6.45, 7) is 3.72. The molecule has 0 bridgehead atoms. The monoisotopic (exact) mass is 252 g/mol. The number of nitrogens with zero attached hydrogens (tertiary/aromatic N) is 1. The molecule has 1 saturated heterocycles. The Morgan fingerprint density at radius 2 is 2.47 bits per heavy atom. The molecule has 2 N–H and O–H groups in total. The number of hydrogen-bond donors (Lipinski definition) is 1. The summed E-state index contributed by atoms with van der Waals surface area (Å²) in [7, 11) is 0. The molecule has 1 unspecified atom stereocenters. The van der Waals surface area contributed by atoms with Gasteiger partial charge in [-0.15, -0.1) is 11.8 Å². The molecule has 1 aliphatic rings. The molecule has 2 rings (SSSR count). The number of aryl methyl sites for hydroxylation is 1. The molecular formula is C13H20N2OS. The van der Waals surface area contributed by atoms with Crippen LogP contribution >= 0.6 is 11.8 Å². The van der Waals surface area contributed by atoms with Crippen LogP contribution in [0.15, 0.2) is 17.3 Å². The molecule has 94 valence electrons. The molecule has 1 fully saturated rings. The third-order valence-corrected chi connectivity index (χ3v) is 4.19. The number of rotatable bonds is 5. The summed E-state index contributed by atoms with van der Waals surface area (Å²) in [6.07, 6.45) is 5.66. The Labute approximate surface area is 107 Å². The second kappa shape index (κ2) is 6.38. The van der Waals surface area contributed by atoms with Gasteiger partial charge in [0.25, 0.3) is 0 Å². The van der Waals surface area contributed by atoms with Crippen molar-refractivity contribution in [2.24, 2.45) is 5.73 Å². The topological polar surface area (TPSA) is 48.1 Å². The average Bonchev–Trinajstić information content (AvgIpc) is 2.81. The van der Waals surface area contributed by atoms with Gasteiger partial charge in [0.2, 0.25) is 0 Å². The van der Waals surface area contributed by atoms with E-state index in [0.29, 0.717) is 12.6 Å². The molecule has 0 spiro atoms. The Morgan fingerprint density at radius 3 is 3.12 bits per heavy atom. The van der Waals surface area contributed by atoms with E-state index in [1.54, 1.807) is 11.8 Å². The first-order valence-electron chi connectivity index (χ1n) is 6.19. The van der Waals surface area contributed by atoms with Crippen molar-refractivity contribution in [3.63, 3.8) is 0 Å². The van der Waals surface area contributed by atoms with Crippen molar-refractivity contribution in [2.45, 2.75) is 37.3 Å². The second-order valence-corrected chi connectivity index (χ2v) is 5.46. The van der Waals surface area contributed by atoms with Gasteiger partial charge in [-0.25, -0.2) is 4.98 Å². The van der Waals surface area contributed by atoms with Crippen LogP contribution in [0, 0.1) is 6.92 Å². The third kappa shape index (κ3) is 3.69. The predicted octanol–water partition coefficient (Wildman–Crippen LogP) is 2.16. The molecule has 17 heavy (non-hydrogen) atoms. The molecule has 0 aromatic carbocycles. The zero-order valence-electron chi connectivity index (χ0n) is 10.3. The number of thioether (sulfide) groups is 1. The Bertz CT molecular complexity index is 364. The Kier molecular flexibility index (Phi) is 4.83. The van der Waals surface area contributed by atoms with E-state index in [0.717, 1.165) is 23.8 Å². The van der Waals surface area contributed by atoms with Crippen LogP contribution in [-0.4, -0.2) is 30.0 Å². The van der Waals surface area contributed by atoms with E-state index in [1.807, 2.05) is 6.20 Å². The molecule has 0 amide bonds. The van der Waals surface area contributed by atoms with E-state index in [4.69, 9.17) is 10.5 Å². The van der Waals surface area contributed by atoms with E-state index in [-0.39, 0.29) is 0 Å². The first kappa shape index (κ1) is 12.9. The Balaban J connectivity index is 1.91. The average molecular weight is 252 g/mol. The summed E-state index contributed by atoms with van der Waals surface area (Å²) in [5, 5.41) is 1.13. The van der Waals surface area contributed by atoms with Crippen LogP contribution < -0.4 is 5.73 Å². The van der Waals surface area contributed by atoms with Crippen LogP contribution in [0.2, 0.25) is 0 Å². The van der Waals surface area contributed by atoms with Gasteiger partial charge in [0.05, 0.1) is 11.1 Å². The van der Waals surface area contributed by atoms with Crippen LogP contribution in [0.5, 0.6) is 0 Å². The molecular weight excluding hydrogens is 232 g/mol. The van der Waals surface area contributed by atoms with Gasteiger partial charge in [0, 0.05) is 18.6 Å². The maximum Gasteiger partial charge on any atom is 0.0990 e. The van der Waals surface area contributed by atoms with Crippen LogP contribution in [-0.2, 0) is 11.2 Å². The van der Waals surface area contributed by atoms with Crippen molar-refractivity contribution in [3.05, 3.63) is 23.4 Å². The lowest BCUT2D eigenvalue weighted by Crippen LogP contribution is -2.08. The first-order valence-corrected chi connectivity index (χ1v) is 7.18. The lowest BCUT2D eigenvalue weighted by atomic mass is 10.2. The molecule has 0 radical (unpaired) electrons. The van der Waals surface area contributed by atoms with Crippen LogP contribution in [0.3, 0.4) is 0 Å². The molecule has 2 heterocycles. The molecule has 1 aliphatic heterocycles. The van der Waals surface area contributed by atoms with Gasteiger partial charge < -0.3 is 10.5 Å². The first-order chi connectivity index (χ1) is 8.29. The fourth-order valence-electron chi connectivity index (χ4n) is 2.02. The fraction of sp³-hybridized carbons (Fsp3) is 0.615. The smallest absolute Gasteiger partial charge is 0.0990 e. The van der Waals surface area contributed by atoms with Crippen LogP contribution in [0.1, 0.15) is 24.0 Å².